The van der Waals surface area contributed by atoms with Crippen LogP contribution in [-0.4, -0.2) is 11.5 Å². The summed E-state index contributed by atoms with van der Waals surface area (Å²) in [5, 5.41) is 10.9. The van der Waals surface area contributed by atoms with Crippen LogP contribution in [0, 0.1) is 11.3 Å². The average Bonchev–Trinajstić information content (AvgIpc) is 2.17. The molecule has 0 aliphatic rings. The number of halogens is 3. The Kier molecular flexibility index (Phi) is 3.50. The first kappa shape index (κ1) is 11.3. The van der Waals surface area contributed by atoms with E-state index in [1.54, 1.807) is 0 Å². The van der Waals surface area contributed by atoms with Crippen molar-refractivity contribution >= 4 is 5.82 Å². The van der Waals surface area contributed by atoms with Gasteiger partial charge in [0.15, 0.2) is 0 Å². The Morgan fingerprint density at radius 1 is 1.47 bits per heavy atom. The summed E-state index contributed by atoms with van der Waals surface area (Å²) in [6.45, 7) is 0.283. The summed E-state index contributed by atoms with van der Waals surface area (Å²) in [5.74, 6) is 0.125. The van der Waals surface area contributed by atoms with Gasteiger partial charge in [-0.25, -0.2) is 4.98 Å². The lowest BCUT2D eigenvalue weighted by Crippen LogP contribution is -2.08. The molecule has 0 spiro atoms. The van der Waals surface area contributed by atoms with E-state index in [1.807, 2.05) is 6.07 Å². The number of alkyl halides is 3. The van der Waals surface area contributed by atoms with Gasteiger partial charge in [0.1, 0.15) is 5.82 Å². The summed E-state index contributed by atoms with van der Waals surface area (Å²) < 4.78 is 36.7. The predicted molar refractivity (Wildman–Crippen MR) is 48.0 cm³/mol. The van der Waals surface area contributed by atoms with Crippen molar-refractivity contribution in [2.45, 2.75) is 12.6 Å². The number of nitrogens with zero attached hydrogens (tertiary/aromatic N) is 2. The molecule has 0 bridgehead atoms. The van der Waals surface area contributed by atoms with Crippen LogP contribution in [0.4, 0.5) is 19.0 Å². The lowest BCUT2D eigenvalue weighted by Gasteiger charge is -2.08. The molecule has 0 fully saturated rings. The Bertz CT molecular complexity index is 368. The maximum Gasteiger partial charge on any atom is 0.416 e. The van der Waals surface area contributed by atoms with Gasteiger partial charge in [-0.05, 0) is 12.1 Å². The van der Waals surface area contributed by atoms with Crippen LogP contribution in [0.5, 0.6) is 0 Å². The molecule has 0 aromatic carbocycles. The third-order valence-corrected chi connectivity index (χ3v) is 1.63. The second-order valence-electron chi connectivity index (χ2n) is 2.76. The van der Waals surface area contributed by atoms with Gasteiger partial charge in [-0.1, -0.05) is 0 Å². The molecule has 6 heteroatoms. The van der Waals surface area contributed by atoms with Gasteiger partial charge < -0.3 is 5.32 Å². The van der Waals surface area contributed by atoms with E-state index in [9.17, 15) is 13.2 Å². The van der Waals surface area contributed by atoms with Crippen molar-refractivity contribution in [1.82, 2.24) is 4.98 Å². The zero-order chi connectivity index (χ0) is 11.3. The third kappa shape index (κ3) is 3.46. The van der Waals surface area contributed by atoms with E-state index in [4.69, 9.17) is 5.26 Å². The molecule has 1 heterocycles. The van der Waals surface area contributed by atoms with Crippen molar-refractivity contribution in [2.24, 2.45) is 0 Å². The fourth-order valence-corrected chi connectivity index (χ4v) is 0.950. The standard InChI is InChI=1S/C9H8F3N3/c10-9(11,12)7-2-5-15-8(6-7)14-4-1-3-13/h2,5-6H,1,4H2,(H,14,15). The van der Waals surface area contributed by atoms with Crippen molar-refractivity contribution in [1.29, 1.82) is 5.26 Å². The Morgan fingerprint density at radius 2 is 2.20 bits per heavy atom. The summed E-state index contributed by atoms with van der Waals surface area (Å²) >= 11 is 0. The fraction of sp³-hybridized carbons (Fsp3) is 0.333. The molecular weight excluding hydrogens is 207 g/mol. The van der Waals surface area contributed by atoms with Crippen LogP contribution >= 0.6 is 0 Å². The van der Waals surface area contributed by atoms with Gasteiger partial charge in [0, 0.05) is 12.7 Å². The number of hydrogen-bond donors (Lipinski definition) is 1. The van der Waals surface area contributed by atoms with Crippen LogP contribution in [0.2, 0.25) is 0 Å². The maximum atomic E-state index is 12.2. The first-order valence-corrected chi connectivity index (χ1v) is 4.18. The lowest BCUT2D eigenvalue weighted by molar-refractivity contribution is -0.137. The minimum atomic E-state index is -4.37. The number of rotatable bonds is 3. The van der Waals surface area contributed by atoms with Gasteiger partial charge in [-0.15, -0.1) is 0 Å². The number of anilines is 1. The van der Waals surface area contributed by atoms with Gasteiger partial charge >= 0.3 is 6.18 Å². The topological polar surface area (TPSA) is 48.7 Å². The fourth-order valence-electron chi connectivity index (χ4n) is 0.950. The van der Waals surface area contributed by atoms with Crippen LogP contribution in [-0.2, 0) is 6.18 Å². The molecule has 80 valence electrons. The molecule has 1 rings (SSSR count). The highest BCUT2D eigenvalue weighted by Gasteiger charge is 2.30. The Labute approximate surface area is 84.5 Å². The highest BCUT2D eigenvalue weighted by Crippen LogP contribution is 2.29. The van der Waals surface area contributed by atoms with Crippen LogP contribution in [0.3, 0.4) is 0 Å². The van der Waals surface area contributed by atoms with E-state index in [0.717, 1.165) is 18.3 Å². The normalized spacial score (nSPS) is 10.8. The van der Waals surface area contributed by atoms with Gasteiger partial charge in [-0.2, -0.15) is 18.4 Å². The first-order chi connectivity index (χ1) is 7.04. The maximum absolute atomic E-state index is 12.2. The monoisotopic (exact) mass is 215 g/mol. The second-order valence-corrected chi connectivity index (χ2v) is 2.76. The van der Waals surface area contributed by atoms with Crippen molar-refractivity contribution in [3.8, 4) is 6.07 Å². The third-order valence-electron chi connectivity index (χ3n) is 1.63. The smallest absolute Gasteiger partial charge is 0.369 e. The van der Waals surface area contributed by atoms with Gasteiger partial charge in [0.2, 0.25) is 0 Å². The number of nitrogens with one attached hydrogen (secondary N) is 1. The van der Waals surface area contributed by atoms with Gasteiger partial charge in [-0.3, -0.25) is 0 Å². The molecule has 0 amide bonds. The Balaban J connectivity index is 2.71. The predicted octanol–water partition coefficient (Wildman–Crippen LogP) is 2.43. The van der Waals surface area contributed by atoms with Crippen LogP contribution < -0.4 is 5.32 Å². The summed E-state index contributed by atoms with van der Waals surface area (Å²) in [7, 11) is 0. The van der Waals surface area contributed by atoms with E-state index >= 15 is 0 Å². The highest BCUT2D eigenvalue weighted by atomic mass is 19.4. The van der Waals surface area contributed by atoms with E-state index in [-0.39, 0.29) is 18.8 Å². The Hall–Kier alpha value is -1.77. The molecule has 15 heavy (non-hydrogen) atoms. The van der Waals surface area contributed by atoms with Gasteiger partial charge in [0.05, 0.1) is 18.1 Å². The molecule has 0 radical (unpaired) electrons. The van der Waals surface area contributed by atoms with Crippen LogP contribution in [0.15, 0.2) is 18.3 Å². The molecule has 0 aliphatic carbocycles. The van der Waals surface area contributed by atoms with E-state index in [0.29, 0.717) is 0 Å². The summed E-state index contributed by atoms with van der Waals surface area (Å²) in [5.41, 5.74) is -0.753. The van der Waals surface area contributed by atoms with E-state index in [1.165, 1.54) is 0 Å². The molecule has 1 N–H and O–H groups in total. The van der Waals surface area contributed by atoms with Crippen LogP contribution in [0.25, 0.3) is 0 Å². The molecule has 1 aromatic rings. The minimum Gasteiger partial charge on any atom is -0.369 e. The number of hydrogen-bond acceptors (Lipinski definition) is 3. The molecule has 1 aromatic heterocycles. The molecule has 0 atom stereocenters. The zero-order valence-corrected chi connectivity index (χ0v) is 7.67. The molecule has 3 nitrogen and oxygen atoms in total. The Morgan fingerprint density at radius 3 is 2.80 bits per heavy atom. The minimum absolute atomic E-state index is 0.125. The van der Waals surface area contributed by atoms with E-state index in [2.05, 4.69) is 10.3 Å². The second kappa shape index (κ2) is 4.64. The SMILES string of the molecule is N#CCCNc1cc(C(F)(F)F)ccn1. The molecule has 0 saturated heterocycles. The average molecular weight is 215 g/mol. The largest absolute Gasteiger partial charge is 0.416 e. The number of aromatic nitrogens is 1. The first-order valence-electron chi connectivity index (χ1n) is 4.18. The lowest BCUT2D eigenvalue weighted by atomic mass is 10.2. The molecular formula is C9H8F3N3. The molecule has 0 saturated carbocycles. The number of pyridine rings is 1. The van der Waals surface area contributed by atoms with Crippen LogP contribution in [0.1, 0.15) is 12.0 Å². The van der Waals surface area contributed by atoms with Gasteiger partial charge in [0.25, 0.3) is 0 Å². The highest BCUT2D eigenvalue weighted by molar-refractivity contribution is 5.38. The van der Waals surface area contributed by atoms with Crippen molar-refractivity contribution in [3.63, 3.8) is 0 Å². The summed E-state index contributed by atoms with van der Waals surface area (Å²) in [4.78, 5) is 3.70. The molecule has 0 aliphatic heterocycles. The number of nitriles is 1. The molecule has 0 unspecified atom stereocenters. The zero-order valence-electron chi connectivity index (χ0n) is 7.67. The van der Waals surface area contributed by atoms with Crippen molar-refractivity contribution < 1.29 is 13.2 Å². The summed E-state index contributed by atoms with van der Waals surface area (Å²) in [6, 6.07) is 3.68. The van der Waals surface area contributed by atoms with Crippen molar-refractivity contribution in [3.05, 3.63) is 23.9 Å². The van der Waals surface area contributed by atoms with E-state index < -0.39 is 11.7 Å². The van der Waals surface area contributed by atoms with Crippen molar-refractivity contribution in [2.75, 3.05) is 11.9 Å². The summed E-state index contributed by atoms with van der Waals surface area (Å²) in [6.07, 6.45) is -3.07. The quantitative estimate of drug-likeness (QED) is 0.787.